The van der Waals surface area contributed by atoms with E-state index in [0.717, 1.165) is 0 Å². The van der Waals surface area contributed by atoms with Gasteiger partial charge in [-0.25, -0.2) is 0 Å². The molecule has 0 heteroatoms. The van der Waals surface area contributed by atoms with E-state index in [1.54, 1.807) is 0 Å². The van der Waals surface area contributed by atoms with Crippen molar-refractivity contribution in [2.75, 3.05) is 0 Å². The zero-order valence-electron chi connectivity index (χ0n) is 20.0. The molecule has 0 radical (unpaired) electrons. The van der Waals surface area contributed by atoms with Gasteiger partial charge in [-0.05, 0) is 66.7 Å². The third-order valence-corrected chi connectivity index (χ3v) is 6.71. The highest BCUT2D eigenvalue weighted by molar-refractivity contribution is 6.00. The van der Waals surface area contributed by atoms with Gasteiger partial charge in [-0.1, -0.05) is 146 Å². The minimum atomic E-state index is 1.26. The molecular weight excluding hydrogens is 432 g/mol. The fourth-order valence-electron chi connectivity index (χ4n) is 4.93. The lowest BCUT2D eigenvalue weighted by atomic mass is 9.91. The van der Waals surface area contributed by atoms with Crippen molar-refractivity contribution in [3.8, 4) is 22.3 Å². The van der Waals surface area contributed by atoms with E-state index in [2.05, 4.69) is 158 Å². The van der Waals surface area contributed by atoms with E-state index in [1.807, 2.05) is 0 Å². The SMILES string of the molecule is c1ccc(-c2ccccc2-c2cccc3ccccc23)cc1.c1ccc2cc3ccccc3cc2c1. The Kier molecular flexibility index (Phi) is 6.00. The molecule has 0 N–H and O–H groups in total. The van der Waals surface area contributed by atoms with Crippen LogP contribution in [-0.2, 0) is 0 Å². The Balaban J connectivity index is 0.000000147. The molecule has 0 atom stereocenters. The summed E-state index contributed by atoms with van der Waals surface area (Å²) < 4.78 is 0. The average molecular weight is 459 g/mol. The summed E-state index contributed by atoms with van der Waals surface area (Å²) in [6.07, 6.45) is 0. The summed E-state index contributed by atoms with van der Waals surface area (Å²) in [6.45, 7) is 0. The molecule has 0 aliphatic carbocycles. The highest BCUT2D eigenvalue weighted by Gasteiger charge is 2.09. The van der Waals surface area contributed by atoms with Crippen LogP contribution in [-0.4, -0.2) is 0 Å². The van der Waals surface area contributed by atoms with Gasteiger partial charge in [0.15, 0.2) is 0 Å². The van der Waals surface area contributed by atoms with Crippen LogP contribution in [0.25, 0.3) is 54.6 Å². The summed E-state index contributed by atoms with van der Waals surface area (Å²) >= 11 is 0. The number of rotatable bonds is 2. The maximum absolute atomic E-state index is 2.24. The number of fused-ring (bicyclic) bond motifs is 3. The van der Waals surface area contributed by atoms with Crippen molar-refractivity contribution in [3.05, 3.63) is 158 Å². The van der Waals surface area contributed by atoms with Crippen molar-refractivity contribution >= 4 is 32.3 Å². The van der Waals surface area contributed by atoms with E-state index >= 15 is 0 Å². The van der Waals surface area contributed by atoms with Gasteiger partial charge in [0.1, 0.15) is 0 Å². The minimum absolute atomic E-state index is 1.26. The first-order valence-corrected chi connectivity index (χ1v) is 12.4. The zero-order chi connectivity index (χ0) is 24.2. The molecule has 170 valence electrons. The smallest absolute Gasteiger partial charge is 0.00992 e. The van der Waals surface area contributed by atoms with Gasteiger partial charge in [0.25, 0.3) is 0 Å². The predicted octanol–water partition coefficient (Wildman–Crippen LogP) is 10.2. The molecule has 0 aliphatic heterocycles. The molecule has 36 heavy (non-hydrogen) atoms. The molecule has 0 fully saturated rings. The second-order valence-corrected chi connectivity index (χ2v) is 8.98. The molecule has 0 amide bonds. The molecule has 0 saturated heterocycles. The van der Waals surface area contributed by atoms with Gasteiger partial charge in [-0.15, -0.1) is 0 Å². The van der Waals surface area contributed by atoms with E-state index < -0.39 is 0 Å². The highest BCUT2D eigenvalue weighted by Crippen LogP contribution is 2.35. The van der Waals surface area contributed by atoms with Crippen LogP contribution in [0.2, 0.25) is 0 Å². The summed E-state index contributed by atoms with van der Waals surface area (Å²) in [4.78, 5) is 0. The van der Waals surface area contributed by atoms with E-state index in [9.17, 15) is 0 Å². The van der Waals surface area contributed by atoms with Crippen LogP contribution in [0, 0.1) is 0 Å². The third-order valence-electron chi connectivity index (χ3n) is 6.71. The summed E-state index contributed by atoms with van der Waals surface area (Å²) in [5.41, 5.74) is 5.11. The summed E-state index contributed by atoms with van der Waals surface area (Å²) in [5.74, 6) is 0. The largest absolute Gasteiger partial charge is 0.0622 e. The molecule has 0 unspecified atom stereocenters. The molecule has 0 aliphatic rings. The van der Waals surface area contributed by atoms with Gasteiger partial charge < -0.3 is 0 Å². The lowest BCUT2D eigenvalue weighted by Gasteiger charge is -2.12. The van der Waals surface area contributed by atoms with E-state index in [1.165, 1.54) is 54.6 Å². The Morgan fingerprint density at radius 2 is 0.667 bits per heavy atom. The van der Waals surface area contributed by atoms with Gasteiger partial charge in [-0.3, -0.25) is 0 Å². The normalized spacial score (nSPS) is 10.8. The highest BCUT2D eigenvalue weighted by atomic mass is 14.1. The standard InChI is InChI=1S/C22H16.C14H10/c1-2-9-17(10-3-1)19-14-6-7-15-21(19)22-16-8-12-18-11-4-5-13-20(18)22;1-2-6-12-10-14-8-4-3-7-13(14)9-11(12)5-1/h1-16H;1-10H. The van der Waals surface area contributed by atoms with Crippen molar-refractivity contribution in [1.29, 1.82) is 0 Å². The van der Waals surface area contributed by atoms with Gasteiger partial charge in [0.05, 0.1) is 0 Å². The number of benzene rings is 7. The Morgan fingerprint density at radius 1 is 0.250 bits per heavy atom. The topological polar surface area (TPSA) is 0 Å². The van der Waals surface area contributed by atoms with E-state index in [4.69, 9.17) is 0 Å². The van der Waals surface area contributed by atoms with Crippen molar-refractivity contribution in [2.24, 2.45) is 0 Å². The maximum Gasteiger partial charge on any atom is -0.00992 e. The molecule has 7 aromatic carbocycles. The predicted molar refractivity (Wildman–Crippen MR) is 156 cm³/mol. The Labute approximate surface area is 212 Å². The van der Waals surface area contributed by atoms with E-state index in [0.29, 0.717) is 0 Å². The molecule has 7 aromatic rings. The second-order valence-electron chi connectivity index (χ2n) is 8.98. The minimum Gasteiger partial charge on any atom is -0.0622 e. The molecule has 0 nitrogen and oxygen atoms in total. The third kappa shape index (κ3) is 4.37. The van der Waals surface area contributed by atoms with Crippen LogP contribution in [0.3, 0.4) is 0 Å². The fraction of sp³-hybridized carbons (Fsp3) is 0. The molecular formula is C36H26. The van der Waals surface area contributed by atoms with Gasteiger partial charge in [0, 0.05) is 0 Å². The average Bonchev–Trinajstić information content (AvgIpc) is 2.96. The first-order chi connectivity index (χ1) is 17.9. The Hall–Kier alpha value is -4.68. The first kappa shape index (κ1) is 21.8. The molecule has 0 bridgehead atoms. The lowest BCUT2D eigenvalue weighted by Crippen LogP contribution is -1.86. The van der Waals surface area contributed by atoms with Crippen LogP contribution < -0.4 is 0 Å². The molecule has 0 spiro atoms. The van der Waals surface area contributed by atoms with Crippen molar-refractivity contribution in [1.82, 2.24) is 0 Å². The second kappa shape index (κ2) is 9.90. The van der Waals surface area contributed by atoms with Crippen LogP contribution in [0.4, 0.5) is 0 Å². The summed E-state index contributed by atoms with van der Waals surface area (Å²) in [5, 5.41) is 7.83. The monoisotopic (exact) mass is 458 g/mol. The van der Waals surface area contributed by atoms with Crippen molar-refractivity contribution < 1.29 is 0 Å². The molecule has 0 saturated carbocycles. The van der Waals surface area contributed by atoms with Crippen molar-refractivity contribution in [3.63, 3.8) is 0 Å². The van der Waals surface area contributed by atoms with Crippen LogP contribution in [0.15, 0.2) is 158 Å². The summed E-state index contributed by atoms with van der Waals surface area (Å²) in [6, 6.07) is 55.7. The quantitative estimate of drug-likeness (QED) is 0.226. The first-order valence-electron chi connectivity index (χ1n) is 12.4. The van der Waals surface area contributed by atoms with Crippen molar-refractivity contribution in [2.45, 2.75) is 0 Å². The maximum atomic E-state index is 2.24. The molecule has 0 heterocycles. The van der Waals surface area contributed by atoms with Gasteiger partial charge in [-0.2, -0.15) is 0 Å². The summed E-state index contributed by atoms with van der Waals surface area (Å²) in [7, 11) is 0. The van der Waals surface area contributed by atoms with Gasteiger partial charge in [0.2, 0.25) is 0 Å². The molecule has 0 aromatic heterocycles. The Morgan fingerprint density at radius 3 is 1.28 bits per heavy atom. The van der Waals surface area contributed by atoms with Crippen LogP contribution in [0.1, 0.15) is 0 Å². The van der Waals surface area contributed by atoms with Gasteiger partial charge >= 0.3 is 0 Å². The fourth-order valence-corrected chi connectivity index (χ4v) is 4.93. The number of hydrogen-bond acceptors (Lipinski definition) is 0. The number of hydrogen-bond donors (Lipinski definition) is 0. The Bertz CT molecular complexity index is 1670. The van der Waals surface area contributed by atoms with Crippen LogP contribution in [0.5, 0.6) is 0 Å². The zero-order valence-corrected chi connectivity index (χ0v) is 20.0. The van der Waals surface area contributed by atoms with Crippen LogP contribution >= 0.6 is 0 Å². The lowest BCUT2D eigenvalue weighted by molar-refractivity contribution is 1.60. The molecule has 7 rings (SSSR count). The van der Waals surface area contributed by atoms with E-state index in [-0.39, 0.29) is 0 Å².